The molecule has 0 spiro atoms. The molecular weight excluding hydrogens is 160 g/mol. The highest BCUT2D eigenvalue weighted by Crippen LogP contribution is 2.21. The minimum atomic E-state index is 0.00917. The third-order valence-corrected chi connectivity index (χ3v) is 2.45. The van der Waals surface area contributed by atoms with Crippen LogP contribution in [-0.4, -0.2) is 5.78 Å². The molecule has 0 bridgehead atoms. The van der Waals surface area contributed by atoms with Crippen molar-refractivity contribution in [3.05, 3.63) is 23.3 Å². The molecule has 0 aromatic carbocycles. The molecule has 1 unspecified atom stereocenters. The zero-order chi connectivity index (χ0) is 10.6. The number of Topliss-reactive ketones (excluding diaryl/α,β-unsaturated/α-hetero) is 1. The second-order valence-corrected chi connectivity index (χ2v) is 3.99. The van der Waals surface area contributed by atoms with E-state index in [1.807, 2.05) is 6.92 Å². The van der Waals surface area contributed by atoms with Crippen molar-refractivity contribution in [1.29, 1.82) is 0 Å². The lowest BCUT2D eigenvalue weighted by Crippen LogP contribution is -2.12. The Morgan fingerprint density at radius 3 is 1.85 bits per heavy atom. The molecule has 1 heteroatoms. The van der Waals surface area contributed by atoms with E-state index in [1.54, 1.807) is 6.92 Å². The van der Waals surface area contributed by atoms with Crippen molar-refractivity contribution in [2.75, 3.05) is 0 Å². The van der Waals surface area contributed by atoms with Crippen LogP contribution in [-0.2, 0) is 4.79 Å². The van der Waals surface area contributed by atoms with Gasteiger partial charge >= 0.3 is 0 Å². The number of rotatable bonds is 4. The fraction of sp³-hybridized carbons (Fsp3) is 0.583. The lowest BCUT2D eigenvalue weighted by atomic mass is 9.89. The van der Waals surface area contributed by atoms with Crippen LogP contribution >= 0.6 is 0 Å². The van der Waals surface area contributed by atoms with Gasteiger partial charge in [0, 0.05) is 5.92 Å². The first-order valence-electron chi connectivity index (χ1n) is 4.65. The molecule has 0 heterocycles. The first-order chi connectivity index (χ1) is 5.86. The summed E-state index contributed by atoms with van der Waals surface area (Å²) >= 11 is 0. The molecule has 74 valence electrons. The Balaban J connectivity index is 4.55. The summed E-state index contributed by atoms with van der Waals surface area (Å²) in [6.07, 6.45) is 0.826. The summed E-state index contributed by atoms with van der Waals surface area (Å²) in [7, 11) is 0. The van der Waals surface area contributed by atoms with Gasteiger partial charge in [-0.15, -0.1) is 0 Å². The van der Waals surface area contributed by atoms with E-state index in [9.17, 15) is 4.79 Å². The third kappa shape index (κ3) is 4.07. The minimum absolute atomic E-state index is 0.00917. The van der Waals surface area contributed by atoms with Crippen molar-refractivity contribution in [2.24, 2.45) is 5.92 Å². The molecule has 0 aliphatic rings. The molecule has 0 radical (unpaired) electrons. The van der Waals surface area contributed by atoms with Gasteiger partial charge in [-0.3, -0.25) is 4.79 Å². The first kappa shape index (κ1) is 12.2. The number of carbonyl (C=O) groups is 1. The maximum absolute atomic E-state index is 11.3. The van der Waals surface area contributed by atoms with Crippen molar-refractivity contribution in [3.8, 4) is 0 Å². The molecule has 0 saturated heterocycles. The summed E-state index contributed by atoms with van der Waals surface area (Å²) in [4.78, 5) is 11.3. The zero-order valence-electron chi connectivity index (χ0n) is 9.40. The Morgan fingerprint density at radius 1 is 1.15 bits per heavy atom. The smallest absolute Gasteiger partial charge is 0.137 e. The van der Waals surface area contributed by atoms with E-state index in [4.69, 9.17) is 0 Å². The van der Waals surface area contributed by atoms with E-state index < -0.39 is 0 Å². The van der Waals surface area contributed by atoms with Gasteiger partial charge in [0.25, 0.3) is 0 Å². The molecule has 1 nitrogen and oxygen atoms in total. The molecular formula is C12H20O. The van der Waals surface area contributed by atoms with Crippen LogP contribution in [0.5, 0.6) is 0 Å². The largest absolute Gasteiger partial charge is 0.299 e. The van der Waals surface area contributed by atoms with Crippen LogP contribution in [0.1, 0.15) is 41.0 Å². The van der Waals surface area contributed by atoms with Crippen LogP contribution in [0.4, 0.5) is 0 Å². The average molecular weight is 180 g/mol. The highest BCUT2D eigenvalue weighted by molar-refractivity contribution is 5.81. The third-order valence-electron chi connectivity index (χ3n) is 2.45. The average Bonchev–Trinajstić information content (AvgIpc) is 1.97. The van der Waals surface area contributed by atoms with Gasteiger partial charge in [0.2, 0.25) is 0 Å². The fourth-order valence-electron chi connectivity index (χ4n) is 1.18. The topological polar surface area (TPSA) is 17.1 Å². The predicted molar refractivity (Wildman–Crippen MR) is 57.7 cm³/mol. The monoisotopic (exact) mass is 180 g/mol. The van der Waals surface area contributed by atoms with Crippen LogP contribution in [0, 0.1) is 5.92 Å². The second-order valence-electron chi connectivity index (χ2n) is 3.99. The minimum Gasteiger partial charge on any atom is -0.299 e. The summed E-state index contributed by atoms with van der Waals surface area (Å²) in [5.74, 6) is 0.225. The molecule has 0 aromatic heterocycles. The maximum atomic E-state index is 11.3. The number of allylic oxidation sites excluding steroid dienone is 3. The number of ketones is 1. The van der Waals surface area contributed by atoms with Crippen LogP contribution in [0.3, 0.4) is 0 Å². The Hall–Kier alpha value is -0.850. The summed E-state index contributed by atoms with van der Waals surface area (Å²) in [5, 5.41) is 0. The van der Waals surface area contributed by atoms with Gasteiger partial charge in [-0.25, -0.2) is 0 Å². The predicted octanol–water partition coefficient (Wildman–Crippen LogP) is 3.51. The molecule has 13 heavy (non-hydrogen) atoms. The maximum Gasteiger partial charge on any atom is 0.137 e. The van der Waals surface area contributed by atoms with Gasteiger partial charge in [0.05, 0.1) is 0 Å². The van der Waals surface area contributed by atoms with Gasteiger partial charge in [-0.1, -0.05) is 23.3 Å². The zero-order valence-corrected chi connectivity index (χ0v) is 9.40. The molecule has 0 N–H and O–H groups in total. The molecule has 0 aliphatic heterocycles. The van der Waals surface area contributed by atoms with Gasteiger partial charge in [-0.05, 0) is 41.0 Å². The quantitative estimate of drug-likeness (QED) is 0.605. The fourth-order valence-corrected chi connectivity index (χ4v) is 1.18. The molecule has 0 aromatic rings. The Bertz CT molecular complexity index is 228. The highest BCUT2D eigenvalue weighted by atomic mass is 16.1. The molecule has 0 rings (SSSR count). The highest BCUT2D eigenvalue weighted by Gasteiger charge is 2.15. The Labute approximate surface area is 81.5 Å². The number of hydrogen-bond acceptors (Lipinski definition) is 1. The lowest BCUT2D eigenvalue weighted by molar-refractivity contribution is -0.119. The second kappa shape index (κ2) is 5.00. The standard InChI is InChI=1S/C12H20O/c1-8(2)10(5)7-12(9(3)4)11(6)13/h12H,3,7H2,1-2,4-6H3. The van der Waals surface area contributed by atoms with Crippen molar-refractivity contribution in [3.63, 3.8) is 0 Å². The Kier molecular flexibility index (Phi) is 4.68. The lowest BCUT2D eigenvalue weighted by Gasteiger charge is -2.14. The van der Waals surface area contributed by atoms with Crippen LogP contribution < -0.4 is 0 Å². The summed E-state index contributed by atoms with van der Waals surface area (Å²) in [6.45, 7) is 13.6. The van der Waals surface area contributed by atoms with Crippen LogP contribution in [0.25, 0.3) is 0 Å². The SMILES string of the molecule is C=C(C)C(CC(C)=C(C)C)C(C)=O. The first-order valence-corrected chi connectivity index (χ1v) is 4.65. The van der Waals surface area contributed by atoms with Crippen molar-refractivity contribution in [2.45, 2.75) is 41.0 Å². The van der Waals surface area contributed by atoms with Gasteiger partial charge < -0.3 is 0 Å². The van der Waals surface area contributed by atoms with E-state index in [1.165, 1.54) is 11.1 Å². The van der Waals surface area contributed by atoms with E-state index >= 15 is 0 Å². The van der Waals surface area contributed by atoms with Crippen LogP contribution in [0.2, 0.25) is 0 Å². The van der Waals surface area contributed by atoms with E-state index in [-0.39, 0.29) is 11.7 Å². The van der Waals surface area contributed by atoms with Crippen molar-refractivity contribution in [1.82, 2.24) is 0 Å². The van der Waals surface area contributed by atoms with E-state index in [2.05, 4.69) is 27.4 Å². The molecule has 0 saturated carbocycles. The van der Waals surface area contributed by atoms with E-state index in [0.29, 0.717) is 0 Å². The van der Waals surface area contributed by atoms with Gasteiger partial charge in [-0.2, -0.15) is 0 Å². The molecule has 0 aliphatic carbocycles. The van der Waals surface area contributed by atoms with Crippen LogP contribution in [0.15, 0.2) is 23.3 Å². The Morgan fingerprint density at radius 2 is 1.62 bits per heavy atom. The summed E-state index contributed by atoms with van der Waals surface area (Å²) in [5.41, 5.74) is 3.56. The van der Waals surface area contributed by atoms with Crippen molar-refractivity contribution >= 4 is 5.78 Å². The normalized spacial score (nSPS) is 12.1. The van der Waals surface area contributed by atoms with E-state index in [0.717, 1.165) is 12.0 Å². The summed E-state index contributed by atoms with van der Waals surface area (Å²) < 4.78 is 0. The molecule has 0 fully saturated rings. The van der Waals surface area contributed by atoms with Gasteiger partial charge in [0.1, 0.15) is 5.78 Å². The summed E-state index contributed by atoms with van der Waals surface area (Å²) in [6, 6.07) is 0. The van der Waals surface area contributed by atoms with Gasteiger partial charge in [0.15, 0.2) is 0 Å². The number of carbonyl (C=O) groups excluding carboxylic acids is 1. The molecule has 0 amide bonds. The van der Waals surface area contributed by atoms with Crippen molar-refractivity contribution < 1.29 is 4.79 Å². The number of hydrogen-bond donors (Lipinski definition) is 0. The molecule has 1 atom stereocenters.